The van der Waals surface area contributed by atoms with E-state index in [9.17, 15) is 19.7 Å². The second-order valence-electron chi connectivity index (χ2n) is 5.22. The number of carbonyl (C=O) groups excluding carboxylic acids is 1. The van der Waals surface area contributed by atoms with Crippen molar-refractivity contribution in [3.05, 3.63) is 33.9 Å². The lowest BCUT2D eigenvalue weighted by Gasteiger charge is -2.39. The van der Waals surface area contributed by atoms with Crippen molar-refractivity contribution in [3.8, 4) is 0 Å². The normalized spacial score (nSPS) is 17.7. The van der Waals surface area contributed by atoms with Gasteiger partial charge in [0.05, 0.1) is 17.6 Å². The minimum absolute atomic E-state index is 0.0970. The van der Waals surface area contributed by atoms with E-state index in [1.165, 1.54) is 30.2 Å². The second-order valence-corrected chi connectivity index (χ2v) is 5.22. The lowest BCUT2D eigenvalue weighted by Crippen LogP contribution is -2.53. The molecule has 1 amide bonds. The van der Waals surface area contributed by atoms with Gasteiger partial charge in [0.2, 0.25) is 0 Å². The molecule has 0 aliphatic carbocycles. The molecule has 1 heterocycles. The van der Waals surface area contributed by atoms with Gasteiger partial charge in [0, 0.05) is 31.7 Å². The van der Waals surface area contributed by atoms with E-state index in [4.69, 9.17) is 5.11 Å². The molecule has 1 aliphatic heterocycles. The maximum atomic E-state index is 11.5. The molecule has 124 valence electrons. The molecule has 0 aromatic heterocycles. The molecule has 1 atom stereocenters. The van der Waals surface area contributed by atoms with Gasteiger partial charge in [-0.15, -0.1) is 0 Å². The number of rotatable bonds is 3. The number of hydrogen-bond donors (Lipinski definition) is 1. The highest BCUT2D eigenvalue weighted by atomic mass is 16.6. The van der Waals surface area contributed by atoms with Crippen LogP contribution in [-0.4, -0.2) is 59.8 Å². The molecule has 0 spiro atoms. The Bertz CT molecular complexity index is 647. The molecule has 1 fully saturated rings. The Morgan fingerprint density at radius 3 is 2.61 bits per heavy atom. The fourth-order valence-electron chi connectivity index (χ4n) is 2.65. The highest BCUT2D eigenvalue weighted by Crippen LogP contribution is 2.32. The van der Waals surface area contributed by atoms with Crippen molar-refractivity contribution in [2.75, 3.05) is 31.6 Å². The highest BCUT2D eigenvalue weighted by molar-refractivity contribution is 5.91. The largest absolute Gasteiger partial charge is 0.465 e. The summed E-state index contributed by atoms with van der Waals surface area (Å²) in [7, 11) is 1.20. The number of benzene rings is 1. The summed E-state index contributed by atoms with van der Waals surface area (Å²) >= 11 is 0. The zero-order valence-electron chi connectivity index (χ0n) is 12.8. The average Bonchev–Trinajstić information content (AvgIpc) is 2.53. The summed E-state index contributed by atoms with van der Waals surface area (Å²) in [5, 5.41) is 20.4. The maximum absolute atomic E-state index is 11.5. The molecule has 23 heavy (non-hydrogen) atoms. The first-order chi connectivity index (χ1) is 10.8. The van der Waals surface area contributed by atoms with Gasteiger partial charge in [-0.3, -0.25) is 10.1 Å². The number of anilines is 1. The summed E-state index contributed by atoms with van der Waals surface area (Å²) in [4.78, 5) is 36.4. The molecule has 1 aromatic carbocycles. The van der Waals surface area contributed by atoms with Crippen molar-refractivity contribution in [1.82, 2.24) is 4.90 Å². The van der Waals surface area contributed by atoms with Gasteiger partial charge in [-0.1, -0.05) is 0 Å². The molecular formula is C14H17N3O6. The van der Waals surface area contributed by atoms with E-state index in [2.05, 4.69) is 4.74 Å². The van der Waals surface area contributed by atoms with Crippen molar-refractivity contribution in [2.45, 2.75) is 13.0 Å². The number of carbonyl (C=O) groups is 2. The maximum Gasteiger partial charge on any atom is 0.407 e. The van der Waals surface area contributed by atoms with Gasteiger partial charge in [0.15, 0.2) is 0 Å². The van der Waals surface area contributed by atoms with Gasteiger partial charge in [-0.05, 0) is 19.1 Å². The predicted molar refractivity (Wildman–Crippen MR) is 80.8 cm³/mol. The average molecular weight is 323 g/mol. The molecule has 2 rings (SSSR count). The van der Waals surface area contributed by atoms with Crippen molar-refractivity contribution >= 4 is 23.4 Å². The lowest BCUT2D eigenvalue weighted by atomic mass is 10.1. The SMILES string of the molecule is COC(=O)c1ccc(N2CCN(C(=O)O)CC2C)c([N+](=O)[O-])c1. The van der Waals surface area contributed by atoms with Crippen LogP contribution in [0.2, 0.25) is 0 Å². The van der Waals surface area contributed by atoms with Crippen LogP contribution in [0.15, 0.2) is 18.2 Å². The summed E-state index contributed by atoms with van der Waals surface area (Å²) in [6.07, 6.45) is -1.01. The van der Waals surface area contributed by atoms with Crippen molar-refractivity contribution in [3.63, 3.8) is 0 Å². The number of nitro benzene ring substituents is 1. The molecule has 0 saturated carbocycles. The zero-order valence-corrected chi connectivity index (χ0v) is 12.8. The number of amides is 1. The van der Waals surface area contributed by atoms with Gasteiger partial charge in [0.25, 0.3) is 5.69 Å². The van der Waals surface area contributed by atoms with E-state index in [1.807, 2.05) is 0 Å². The number of piperazine rings is 1. The highest BCUT2D eigenvalue weighted by Gasteiger charge is 2.31. The molecule has 1 saturated heterocycles. The van der Waals surface area contributed by atoms with Crippen LogP contribution in [0.3, 0.4) is 0 Å². The van der Waals surface area contributed by atoms with Gasteiger partial charge in [0.1, 0.15) is 5.69 Å². The smallest absolute Gasteiger partial charge is 0.407 e. The van der Waals surface area contributed by atoms with Crippen LogP contribution in [0.4, 0.5) is 16.2 Å². The van der Waals surface area contributed by atoms with Crippen LogP contribution in [0.1, 0.15) is 17.3 Å². The zero-order chi connectivity index (χ0) is 17.1. The Hall–Kier alpha value is -2.84. The van der Waals surface area contributed by atoms with E-state index >= 15 is 0 Å². The molecule has 1 unspecified atom stereocenters. The van der Waals surface area contributed by atoms with Gasteiger partial charge < -0.3 is 19.6 Å². The van der Waals surface area contributed by atoms with E-state index < -0.39 is 17.0 Å². The second kappa shape index (κ2) is 6.51. The molecule has 0 radical (unpaired) electrons. The molecule has 9 nitrogen and oxygen atoms in total. The Balaban J connectivity index is 2.34. The Morgan fingerprint density at radius 2 is 2.09 bits per heavy atom. The molecule has 1 aliphatic rings. The Morgan fingerprint density at radius 1 is 1.39 bits per heavy atom. The Kier molecular flexibility index (Phi) is 4.68. The fourth-order valence-corrected chi connectivity index (χ4v) is 2.65. The van der Waals surface area contributed by atoms with Gasteiger partial charge in [-0.2, -0.15) is 0 Å². The topological polar surface area (TPSA) is 113 Å². The summed E-state index contributed by atoms with van der Waals surface area (Å²) < 4.78 is 4.57. The van der Waals surface area contributed by atoms with Crippen molar-refractivity contribution < 1.29 is 24.4 Å². The number of nitrogens with zero attached hydrogens (tertiary/aromatic N) is 3. The molecular weight excluding hydrogens is 306 g/mol. The van der Waals surface area contributed by atoms with Crippen LogP contribution in [0.5, 0.6) is 0 Å². The molecule has 0 bridgehead atoms. The number of ether oxygens (including phenoxy) is 1. The van der Waals surface area contributed by atoms with Crippen LogP contribution in [0, 0.1) is 10.1 Å². The number of esters is 1. The number of methoxy groups -OCH3 is 1. The lowest BCUT2D eigenvalue weighted by molar-refractivity contribution is -0.384. The molecule has 1 N–H and O–H groups in total. The quantitative estimate of drug-likeness (QED) is 0.510. The number of carboxylic acid groups (broad SMARTS) is 1. The van der Waals surface area contributed by atoms with Crippen LogP contribution in [-0.2, 0) is 4.74 Å². The summed E-state index contributed by atoms with van der Waals surface area (Å²) in [5.74, 6) is -0.650. The molecule has 1 aromatic rings. The standard InChI is InChI=1S/C14H17N3O6/c1-9-8-15(14(19)20)5-6-16(9)11-4-3-10(13(18)23-2)7-12(11)17(21)22/h3-4,7,9H,5-6,8H2,1-2H3,(H,19,20). The minimum Gasteiger partial charge on any atom is -0.465 e. The monoisotopic (exact) mass is 323 g/mol. The summed E-state index contributed by atoms with van der Waals surface area (Å²) in [6, 6.07) is 3.92. The third kappa shape index (κ3) is 3.33. The molecule has 9 heteroatoms. The first kappa shape index (κ1) is 16.5. The third-order valence-electron chi connectivity index (χ3n) is 3.80. The summed E-state index contributed by atoms with van der Waals surface area (Å²) in [6.45, 7) is 2.65. The van der Waals surface area contributed by atoms with Gasteiger partial charge >= 0.3 is 12.1 Å². The van der Waals surface area contributed by atoms with Crippen molar-refractivity contribution in [2.24, 2.45) is 0 Å². The predicted octanol–water partition coefficient (Wildman–Crippen LogP) is 1.57. The van der Waals surface area contributed by atoms with Crippen molar-refractivity contribution in [1.29, 1.82) is 0 Å². The number of nitro groups is 1. The van der Waals surface area contributed by atoms with E-state index in [0.29, 0.717) is 12.2 Å². The van der Waals surface area contributed by atoms with E-state index in [1.54, 1.807) is 11.8 Å². The minimum atomic E-state index is -1.01. The summed E-state index contributed by atoms with van der Waals surface area (Å²) in [5.41, 5.74) is 0.253. The van der Waals surface area contributed by atoms with Crippen LogP contribution < -0.4 is 4.90 Å². The van der Waals surface area contributed by atoms with Crippen LogP contribution >= 0.6 is 0 Å². The van der Waals surface area contributed by atoms with Crippen LogP contribution in [0.25, 0.3) is 0 Å². The fraction of sp³-hybridized carbons (Fsp3) is 0.429. The van der Waals surface area contributed by atoms with E-state index in [-0.39, 0.29) is 30.4 Å². The number of hydrogen-bond acceptors (Lipinski definition) is 6. The Labute approximate surface area is 132 Å². The first-order valence-corrected chi connectivity index (χ1v) is 6.96. The first-order valence-electron chi connectivity index (χ1n) is 6.96. The van der Waals surface area contributed by atoms with Gasteiger partial charge in [-0.25, -0.2) is 9.59 Å². The third-order valence-corrected chi connectivity index (χ3v) is 3.80. The van der Waals surface area contributed by atoms with E-state index in [0.717, 1.165) is 0 Å².